The molecule has 0 spiro atoms. The zero-order chi connectivity index (χ0) is 17.7. The molecule has 2 aromatic carbocycles. The van der Waals surface area contributed by atoms with E-state index in [0.29, 0.717) is 16.8 Å². The predicted molar refractivity (Wildman–Crippen MR) is 94.3 cm³/mol. The number of aliphatic hydroxyl groups is 1. The van der Waals surface area contributed by atoms with Gasteiger partial charge in [0.2, 0.25) is 0 Å². The molecule has 0 aliphatic rings. The van der Waals surface area contributed by atoms with Gasteiger partial charge >= 0.3 is 6.03 Å². The molecule has 2 aromatic rings. The molecule has 2 amide bonds. The van der Waals surface area contributed by atoms with Crippen molar-refractivity contribution in [3.8, 4) is 0 Å². The van der Waals surface area contributed by atoms with Gasteiger partial charge in [-0.1, -0.05) is 42.5 Å². The first-order chi connectivity index (χ1) is 11.3. The molecular weight excluding hydrogens is 304 g/mol. The maximum absolute atomic E-state index is 12.4. The highest BCUT2D eigenvalue weighted by Gasteiger charge is 2.19. The summed E-state index contributed by atoms with van der Waals surface area (Å²) >= 11 is 0. The highest BCUT2D eigenvalue weighted by atomic mass is 16.3. The zero-order valence-electron chi connectivity index (χ0n) is 14.1. The largest absolute Gasteiger partial charge is 0.389 e. The summed E-state index contributed by atoms with van der Waals surface area (Å²) in [5.41, 5.74) is 0.658. The summed E-state index contributed by atoms with van der Waals surface area (Å²) in [5.74, 6) is -0.100. The number of carbonyl (C=O) groups is 2. The second kappa shape index (κ2) is 7.27. The molecule has 5 nitrogen and oxygen atoms in total. The van der Waals surface area contributed by atoms with Crippen molar-refractivity contribution < 1.29 is 14.7 Å². The number of hydrogen-bond donors (Lipinski definition) is 2. The molecule has 0 saturated heterocycles. The monoisotopic (exact) mass is 326 g/mol. The van der Waals surface area contributed by atoms with Crippen molar-refractivity contribution in [2.45, 2.75) is 19.4 Å². The summed E-state index contributed by atoms with van der Waals surface area (Å²) in [5, 5.41) is 12.5. The van der Waals surface area contributed by atoms with E-state index in [1.54, 1.807) is 57.3 Å². The molecule has 2 N–H and O–H groups in total. The lowest BCUT2D eigenvalue weighted by atomic mass is 10.0. The summed E-state index contributed by atoms with van der Waals surface area (Å²) in [6.45, 7) is 3.47. The molecule has 0 aromatic heterocycles. The van der Waals surface area contributed by atoms with Crippen molar-refractivity contribution in [3.05, 3.63) is 65.7 Å². The predicted octanol–water partition coefficient (Wildman–Crippen LogP) is 3.15. The van der Waals surface area contributed by atoms with Gasteiger partial charge in [-0.3, -0.25) is 4.79 Å². The second-order valence-electron chi connectivity index (χ2n) is 6.37. The molecule has 0 bridgehead atoms. The van der Waals surface area contributed by atoms with Gasteiger partial charge in [-0.2, -0.15) is 0 Å². The maximum atomic E-state index is 12.4. The van der Waals surface area contributed by atoms with Crippen LogP contribution in [0.1, 0.15) is 29.8 Å². The number of hydrogen-bond acceptors (Lipinski definition) is 3. The molecule has 0 aliphatic heterocycles. The van der Waals surface area contributed by atoms with Crippen LogP contribution < -0.4 is 5.32 Å². The van der Waals surface area contributed by atoms with Gasteiger partial charge in [-0.25, -0.2) is 4.79 Å². The van der Waals surface area contributed by atoms with Crippen LogP contribution >= 0.6 is 0 Å². The summed E-state index contributed by atoms with van der Waals surface area (Å²) < 4.78 is 0. The van der Waals surface area contributed by atoms with Crippen LogP contribution in [0.2, 0.25) is 0 Å². The average molecular weight is 326 g/mol. The Kier molecular flexibility index (Phi) is 5.36. The van der Waals surface area contributed by atoms with E-state index < -0.39 is 5.60 Å². The van der Waals surface area contributed by atoms with Crippen molar-refractivity contribution in [2.75, 3.05) is 18.9 Å². The van der Waals surface area contributed by atoms with Crippen LogP contribution in [0.25, 0.3) is 0 Å². The smallest absolute Gasteiger partial charge is 0.321 e. The Labute approximate surface area is 141 Å². The van der Waals surface area contributed by atoms with E-state index in [4.69, 9.17) is 0 Å². The standard InChI is InChI=1S/C19H22N2O3/c1-19(2,24)13-21(3)18(23)20-16-11-7-10-15(12-16)17(22)14-8-5-4-6-9-14/h4-12,24H,13H2,1-3H3,(H,20,23). The first-order valence-electron chi connectivity index (χ1n) is 7.70. The molecule has 126 valence electrons. The van der Waals surface area contributed by atoms with Gasteiger partial charge in [-0.15, -0.1) is 0 Å². The summed E-state index contributed by atoms with van der Waals surface area (Å²) in [6.07, 6.45) is 0. The zero-order valence-corrected chi connectivity index (χ0v) is 14.1. The Morgan fingerprint density at radius 2 is 1.67 bits per heavy atom. The van der Waals surface area contributed by atoms with Crippen LogP contribution in [0.4, 0.5) is 10.5 Å². The van der Waals surface area contributed by atoms with Gasteiger partial charge in [0, 0.05) is 23.9 Å². The molecular formula is C19H22N2O3. The van der Waals surface area contributed by atoms with E-state index in [-0.39, 0.29) is 18.4 Å². The highest BCUT2D eigenvalue weighted by Crippen LogP contribution is 2.16. The molecule has 0 aliphatic carbocycles. The number of likely N-dealkylation sites (N-methyl/N-ethyl adjacent to an activating group) is 1. The molecule has 0 radical (unpaired) electrons. The van der Waals surface area contributed by atoms with Crippen LogP contribution in [0.3, 0.4) is 0 Å². The fourth-order valence-corrected chi connectivity index (χ4v) is 2.37. The van der Waals surface area contributed by atoms with Crippen molar-refractivity contribution in [3.63, 3.8) is 0 Å². The number of ketones is 1. The number of amides is 2. The van der Waals surface area contributed by atoms with Gasteiger partial charge in [0.05, 0.1) is 12.1 Å². The maximum Gasteiger partial charge on any atom is 0.321 e. The van der Waals surface area contributed by atoms with Crippen LogP contribution in [-0.4, -0.2) is 41.0 Å². The Bertz CT molecular complexity index is 721. The highest BCUT2D eigenvalue weighted by molar-refractivity contribution is 6.09. The summed E-state index contributed by atoms with van der Waals surface area (Å²) in [7, 11) is 1.60. The molecule has 0 fully saturated rings. The fourth-order valence-electron chi connectivity index (χ4n) is 2.37. The van der Waals surface area contributed by atoms with Crippen LogP contribution in [0.15, 0.2) is 54.6 Å². The minimum atomic E-state index is -0.975. The third-order valence-corrected chi connectivity index (χ3v) is 3.38. The number of nitrogens with zero attached hydrogens (tertiary/aromatic N) is 1. The third-order valence-electron chi connectivity index (χ3n) is 3.38. The molecule has 2 rings (SSSR count). The minimum Gasteiger partial charge on any atom is -0.389 e. The lowest BCUT2D eigenvalue weighted by molar-refractivity contribution is 0.0550. The number of rotatable bonds is 5. The molecule has 0 saturated carbocycles. The van der Waals surface area contributed by atoms with Gasteiger partial charge in [0.25, 0.3) is 0 Å². The van der Waals surface area contributed by atoms with Crippen LogP contribution in [0.5, 0.6) is 0 Å². The first kappa shape index (κ1) is 17.7. The summed E-state index contributed by atoms with van der Waals surface area (Å²) in [6, 6.07) is 15.4. The number of urea groups is 1. The number of carbonyl (C=O) groups excluding carboxylic acids is 2. The lowest BCUT2D eigenvalue weighted by Crippen LogP contribution is -2.41. The van der Waals surface area contributed by atoms with E-state index in [0.717, 1.165) is 0 Å². The number of nitrogens with one attached hydrogen (secondary N) is 1. The summed E-state index contributed by atoms with van der Waals surface area (Å²) in [4.78, 5) is 26.0. The van der Waals surface area contributed by atoms with Crippen molar-refractivity contribution in [1.82, 2.24) is 4.90 Å². The Hall–Kier alpha value is -2.66. The van der Waals surface area contributed by atoms with Gasteiger partial charge < -0.3 is 15.3 Å². The number of benzene rings is 2. The van der Waals surface area contributed by atoms with Crippen molar-refractivity contribution in [1.29, 1.82) is 0 Å². The lowest BCUT2D eigenvalue weighted by Gasteiger charge is -2.25. The SMILES string of the molecule is CN(CC(C)(C)O)C(=O)Nc1cccc(C(=O)c2ccccc2)c1. The van der Waals surface area contributed by atoms with E-state index in [1.165, 1.54) is 4.90 Å². The Morgan fingerprint density at radius 3 is 2.29 bits per heavy atom. The Morgan fingerprint density at radius 1 is 1.04 bits per heavy atom. The third kappa shape index (κ3) is 4.93. The van der Waals surface area contributed by atoms with Crippen molar-refractivity contribution in [2.24, 2.45) is 0 Å². The van der Waals surface area contributed by atoms with Crippen LogP contribution in [-0.2, 0) is 0 Å². The number of anilines is 1. The topological polar surface area (TPSA) is 69.6 Å². The van der Waals surface area contributed by atoms with Crippen molar-refractivity contribution >= 4 is 17.5 Å². The second-order valence-corrected chi connectivity index (χ2v) is 6.37. The normalized spacial score (nSPS) is 11.0. The van der Waals surface area contributed by atoms with Gasteiger partial charge in [0.1, 0.15) is 0 Å². The quantitative estimate of drug-likeness (QED) is 0.829. The minimum absolute atomic E-state index is 0.100. The first-order valence-corrected chi connectivity index (χ1v) is 7.70. The van der Waals surface area contributed by atoms with Gasteiger partial charge in [0.15, 0.2) is 5.78 Å². The van der Waals surface area contributed by atoms with Gasteiger partial charge in [-0.05, 0) is 26.0 Å². The molecule has 5 heteroatoms. The fraction of sp³-hybridized carbons (Fsp3) is 0.263. The average Bonchev–Trinajstić information content (AvgIpc) is 2.53. The Balaban J connectivity index is 2.11. The molecule has 24 heavy (non-hydrogen) atoms. The van der Waals surface area contributed by atoms with E-state index in [2.05, 4.69) is 5.32 Å². The molecule has 0 unspecified atom stereocenters. The van der Waals surface area contributed by atoms with E-state index in [1.807, 2.05) is 18.2 Å². The van der Waals surface area contributed by atoms with E-state index in [9.17, 15) is 14.7 Å². The molecule has 0 heterocycles. The van der Waals surface area contributed by atoms with Crippen LogP contribution in [0, 0.1) is 0 Å². The molecule has 0 atom stereocenters. The van der Waals surface area contributed by atoms with E-state index >= 15 is 0 Å².